The molecule has 6 nitrogen and oxygen atoms in total. The number of carbonyl (C=O) groups is 1. The van der Waals surface area contributed by atoms with Crippen LogP contribution in [-0.4, -0.2) is 63.8 Å². The van der Waals surface area contributed by atoms with E-state index in [0.717, 1.165) is 37.4 Å². The van der Waals surface area contributed by atoms with Crippen molar-refractivity contribution >= 4 is 23.5 Å². The molecule has 1 fully saturated rings. The second-order valence-corrected chi connectivity index (χ2v) is 6.88. The average Bonchev–Trinajstić information content (AvgIpc) is 2.69. The highest BCUT2D eigenvalue weighted by molar-refractivity contribution is 5.83. The van der Waals surface area contributed by atoms with Crippen LogP contribution in [-0.2, 0) is 4.79 Å². The fourth-order valence-corrected chi connectivity index (χ4v) is 3.08. The summed E-state index contributed by atoms with van der Waals surface area (Å²) in [7, 11) is 4.01. The highest BCUT2D eigenvalue weighted by Gasteiger charge is 2.18. The summed E-state index contributed by atoms with van der Waals surface area (Å²) in [6.45, 7) is 3.98. The van der Waals surface area contributed by atoms with Crippen LogP contribution in [0.2, 0.25) is 0 Å². The maximum atomic E-state index is 12.1. The number of nitrogens with zero attached hydrogens (tertiary/aromatic N) is 4. The lowest BCUT2D eigenvalue weighted by Crippen LogP contribution is -2.49. The van der Waals surface area contributed by atoms with E-state index in [1.807, 2.05) is 49.3 Å². The molecule has 0 aliphatic carbocycles. The van der Waals surface area contributed by atoms with E-state index < -0.39 is 0 Å². The third kappa shape index (κ3) is 5.56. The molecule has 1 aliphatic rings. The normalized spacial score (nSPS) is 15.1. The number of para-hydroxylation sites is 1. The standard InChI is InChI=1S/C21H27N5O/c1-24(2)19-10-8-18(9-11-19)16-22-23-21(27)17-25-12-14-26(15-13-25)20-6-4-3-5-7-20/h3-11,16H,12-15,17H2,1-2H3,(H,23,27)/b22-16+. The monoisotopic (exact) mass is 365 g/mol. The maximum absolute atomic E-state index is 12.1. The van der Waals surface area contributed by atoms with Crippen LogP contribution in [0.15, 0.2) is 59.7 Å². The summed E-state index contributed by atoms with van der Waals surface area (Å²) in [5, 5.41) is 4.07. The van der Waals surface area contributed by atoms with Crippen molar-refractivity contribution in [1.29, 1.82) is 0 Å². The highest BCUT2D eigenvalue weighted by atomic mass is 16.2. The van der Waals surface area contributed by atoms with Gasteiger partial charge in [0.05, 0.1) is 12.8 Å². The smallest absolute Gasteiger partial charge is 0.254 e. The van der Waals surface area contributed by atoms with Gasteiger partial charge in [0.15, 0.2) is 0 Å². The van der Waals surface area contributed by atoms with E-state index >= 15 is 0 Å². The Balaban J connectivity index is 1.41. The van der Waals surface area contributed by atoms with Gasteiger partial charge in [-0.05, 0) is 29.8 Å². The Labute approximate surface area is 161 Å². The van der Waals surface area contributed by atoms with Gasteiger partial charge >= 0.3 is 0 Å². The summed E-state index contributed by atoms with van der Waals surface area (Å²) in [5.74, 6) is -0.0793. The van der Waals surface area contributed by atoms with Crippen molar-refractivity contribution in [1.82, 2.24) is 10.3 Å². The van der Waals surface area contributed by atoms with Crippen LogP contribution in [0, 0.1) is 0 Å². The van der Waals surface area contributed by atoms with Crippen molar-refractivity contribution in [2.24, 2.45) is 5.10 Å². The van der Waals surface area contributed by atoms with Crippen LogP contribution < -0.4 is 15.2 Å². The average molecular weight is 365 g/mol. The van der Waals surface area contributed by atoms with Gasteiger partial charge in [-0.15, -0.1) is 0 Å². The lowest BCUT2D eigenvalue weighted by molar-refractivity contribution is -0.122. The van der Waals surface area contributed by atoms with Crippen LogP contribution in [0.5, 0.6) is 0 Å². The molecular weight excluding hydrogens is 338 g/mol. The predicted molar refractivity (Wildman–Crippen MR) is 112 cm³/mol. The van der Waals surface area contributed by atoms with Gasteiger partial charge in [0.2, 0.25) is 0 Å². The van der Waals surface area contributed by atoms with Gasteiger partial charge in [0.25, 0.3) is 5.91 Å². The summed E-state index contributed by atoms with van der Waals surface area (Å²) < 4.78 is 0. The molecule has 0 atom stereocenters. The number of nitrogens with one attached hydrogen (secondary N) is 1. The summed E-state index contributed by atoms with van der Waals surface area (Å²) in [6.07, 6.45) is 1.67. The Kier molecular flexibility index (Phi) is 6.44. The molecule has 2 aromatic carbocycles. The number of hydrogen-bond donors (Lipinski definition) is 1. The minimum absolute atomic E-state index is 0.0793. The summed E-state index contributed by atoms with van der Waals surface area (Å²) in [4.78, 5) is 18.7. The molecule has 0 saturated carbocycles. The topological polar surface area (TPSA) is 51.2 Å². The third-order valence-corrected chi connectivity index (χ3v) is 4.67. The van der Waals surface area contributed by atoms with E-state index in [-0.39, 0.29) is 5.91 Å². The zero-order valence-corrected chi connectivity index (χ0v) is 16.0. The van der Waals surface area contributed by atoms with Crippen LogP contribution >= 0.6 is 0 Å². The SMILES string of the molecule is CN(C)c1ccc(/C=N/NC(=O)CN2CCN(c3ccccc3)CC2)cc1. The van der Waals surface area contributed by atoms with Crippen molar-refractivity contribution in [3.63, 3.8) is 0 Å². The molecule has 3 rings (SSSR count). The van der Waals surface area contributed by atoms with Gasteiger partial charge in [-0.1, -0.05) is 30.3 Å². The number of hydrazone groups is 1. The van der Waals surface area contributed by atoms with E-state index in [9.17, 15) is 4.79 Å². The molecule has 1 N–H and O–H groups in total. The second-order valence-electron chi connectivity index (χ2n) is 6.88. The Morgan fingerprint density at radius 3 is 2.33 bits per heavy atom. The molecule has 142 valence electrons. The Bertz CT molecular complexity index is 750. The zero-order valence-electron chi connectivity index (χ0n) is 16.0. The highest BCUT2D eigenvalue weighted by Crippen LogP contribution is 2.15. The quantitative estimate of drug-likeness (QED) is 0.629. The molecule has 27 heavy (non-hydrogen) atoms. The predicted octanol–water partition coefficient (Wildman–Crippen LogP) is 2.02. The first-order chi connectivity index (χ1) is 13.1. The molecule has 0 aromatic heterocycles. The van der Waals surface area contributed by atoms with Crippen molar-refractivity contribution in [2.75, 3.05) is 56.6 Å². The number of anilines is 2. The fourth-order valence-electron chi connectivity index (χ4n) is 3.08. The molecule has 1 saturated heterocycles. The first kappa shape index (κ1) is 18.9. The van der Waals surface area contributed by atoms with Gasteiger partial charge in [-0.25, -0.2) is 5.43 Å². The third-order valence-electron chi connectivity index (χ3n) is 4.67. The first-order valence-electron chi connectivity index (χ1n) is 9.23. The van der Waals surface area contributed by atoms with Gasteiger partial charge in [0, 0.05) is 51.6 Å². The van der Waals surface area contributed by atoms with Crippen molar-refractivity contribution in [3.8, 4) is 0 Å². The van der Waals surface area contributed by atoms with Crippen molar-refractivity contribution in [3.05, 3.63) is 60.2 Å². The molecule has 1 amide bonds. The minimum atomic E-state index is -0.0793. The molecule has 6 heteroatoms. The number of hydrogen-bond acceptors (Lipinski definition) is 5. The van der Waals surface area contributed by atoms with Gasteiger partial charge in [-0.3, -0.25) is 9.69 Å². The van der Waals surface area contributed by atoms with Crippen LogP contribution in [0.4, 0.5) is 11.4 Å². The number of amides is 1. The Morgan fingerprint density at radius 2 is 1.70 bits per heavy atom. The van der Waals surface area contributed by atoms with Crippen LogP contribution in [0.1, 0.15) is 5.56 Å². The molecule has 2 aromatic rings. The number of carbonyl (C=O) groups excluding carboxylic acids is 1. The van der Waals surface area contributed by atoms with Gasteiger partial charge in [0.1, 0.15) is 0 Å². The van der Waals surface area contributed by atoms with Gasteiger partial charge < -0.3 is 9.80 Å². The minimum Gasteiger partial charge on any atom is -0.378 e. The number of piperazine rings is 1. The lowest BCUT2D eigenvalue weighted by Gasteiger charge is -2.35. The van der Waals surface area contributed by atoms with Crippen LogP contribution in [0.3, 0.4) is 0 Å². The number of rotatable bonds is 6. The van der Waals surface area contributed by atoms with Crippen molar-refractivity contribution in [2.45, 2.75) is 0 Å². The number of benzene rings is 2. The summed E-state index contributed by atoms with van der Waals surface area (Å²) >= 11 is 0. The van der Waals surface area contributed by atoms with E-state index in [0.29, 0.717) is 6.54 Å². The van der Waals surface area contributed by atoms with E-state index in [2.05, 4.69) is 44.6 Å². The molecule has 0 bridgehead atoms. The Morgan fingerprint density at radius 1 is 1.04 bits per heavy atom. The molecule has 0 spiro atoms. The molecule has 0 unspecified atom stereocenters. The largest absolute Gasteiger partial charge is 0.378 e. The van der Waals surface area contributed by atoms with Gasteiger partial charge in [-0.2, -0.15) is 5.10 Å². The van der Waals surface area contributed by atoms with E-state index in [1.165, 1.54) is 5.69 Å². The van der Waals surface area contributed by atoms with E-state index in [4.69, 9.17) is 0 Å². The molecule has 1 heterocycles. The van der Waals surface area contributed by atoms with E-state index in [1.54, 1.807) is 6.21 Å². The molecule has 1 aliphatic heterocycles. The maximum Gasteiger partial charge on any atom is 0.254 e. The summed E-state index contributed by atoms with van der Waals surface area (Å²) in [5.41, 5.74) is 5.95. The molecular formula is C21H27N5O. The van der Waals surface area contributed by atoms with Crippen LogP contribution in [0.25, 0.3) is 0 Å². The first-order valence-corrected chi connectivity index (χ1v) is 9.23. The lowest BCUT2D eigenvalue weighted by atomic mass is 10.2. The molecule has 0 radical (unpaired) electrons. The van der Waals surface area contributed by atoms with Crippen molar-refractivity contribution < 1.29 is 4.79 Å². The second kappa shape index (κ2) is 9.19. The fraction of sp³-hybridized carbons (Fsp3) is 0.333. The Hall–Kier alpha value is -2.86. The summed E-state index contributed by atoms with van der Waals surface area (Å²) in [6, 6.07) is 18.4. The zero-order chi connectivity index (χ0) is 19.1.